The van der Waals surface area contributed by atoms with E-state index in [2.05, 4.69) is 4.98 Å². The molecule has 17 heavy (non-hydrogen) atoms. The molecule has 0 radical (unpaired) electrons. The number of aromatic amines is 1. The van der Waals surface area contributed by atoms with Crippen molar-refractivity contribution in [2.75, 3.05) is 6.54 Å². The molecule has 1 aliphatic heterocycles. The van der Waals surface area contributed by atoms with Gasteiger partial charge >= 0.3 is 0 Å². The molecule has 0 spiro atoms. The molecule has 4 nitrogen and oxygen atoms in total. The van der Waals surface area contributed by atoms with Crippen molar-refractivity contribution in [3.8, 4) is 0 Å². The maximum atomic E-state index is 12.2. The molecule has 0 aromatic carbocycles. The Labute approximate surface area is 101 Å². The molecule has 0 aliphatic carbocycles. The minimum Gasteiger partial charge on any atom is -0.367 e. The first-order valence-corrected chi connectivity index (χ1v) is 5.97. The fourth-order valence-electron chi connectivity index (χ4n) is 2.31. The first kappa shape index (κ1) is 11.9. The van der Waals surface area contributed by atoms with E-state index in [9.17, 15) is 9.59 Å². The predicted octanol–water partition coefficient (Wildman–Crippen LogP) is 1.53. The van der Waals surface area contributed by atoms with E-state index < -0.39 is 5.54 Å². The first-order valence-electron chi connectivity index (χ1n) is 5.97. The molecule has 0 atom stereocenters. The Morgan fingerprint density at radius 3 is 2.94 bits per heavy atom. The molecule has 2 heterocycles. The van der Waals surface area contributed by atoms with Crippen molar-refractivity contribution in [1.29, 1.82) is 0 Å². The lowest BCUT2D eigenvalue weighted by Gasteiger charge is -2.41. The Morgan fingerprint density at radius 1 is 1.53 bits per heavy atom. The van der Waals surface area contributed by atoms with Crippen molar-refractivity contribution >= 4 is 11.7 Å². The Hall–Kier alpha value is -1.58. The van der Waals surface area contributed by atoms with E-state index in [1.807, 2.05) is 26.1 Å². The van der Waals surface area contributed by atoms with Gasteiger partial charge in [-0.3, -0.25) is 9.59 Å². The van der Waals surface area contributed by atoms with Crippen molar-refractivity contribution in [3.05, 3.63) is 24.0 Å². The predicted molar refractivity (Wildman–Crippen MR) is 64.5 cm³/mol. The van der Waals surface area contributed by atoms with Gasteiger partial charge in [-0.1, -0.05) is 0 Å². The molecule has 1 aromatic heterocycles. The molecule has 0 unspecified atom stereocenters. The number of nitrogens with zero attached hydrogens (tertiary/aromatic N) is 1. The molecule has 1 amide bonds. The quantitative estimate of drug-likeness (QED) is 0.843. The largest absolute Gasteiger partial charge is 0.367 e. The molecule has 0 saturated carbocycles. The van der Waals surface area contributed by atoms with Gasteiger partial charge in [0.2, 0.25) is 5.91 Å². The number of carbonyl (C=O) groups excluding carboxylic acids is 2. The average molecular weight is 234 g/mol. The number of carbonyl (C=O) groups is 2. The topological polar surface area (TPSA) is 53.2 Å². The third kappa shape index (κ3) is 2.25. The maximum Gasteiger partial charge on any atom is 0.227 e. The third-order valence-electron chi connectivity index (χ3n) is 3.46. The van der Waals surface area contributed by atoms with Crippen molar-refractivity contribution in [3.63, 3.8) is 0 Å². The molecule has 1 fully saturated rings. The molecule has 1 saturated heterocycles. The summed E-state index contributed by atoms with van der Waals surface area (Å²) in [7, 11) is 0. The monoisotopic (exact) mass is 234 g/mol. The van der Waals surface area contributed by atoms with Gasteiger partial charge in [0.25, 0.3) is 0 Å². The summed E-state index contributed by atoms with van der Waals surface area (Å²) in [5.74, 6) is 0.189. The SMILES string of the molecule is CC1(C)C(=O)CCCN1C(=O)Cc1cc[nH]c1. The van der Waals surface area contributed by atoms with E-state index in [1.165, 1.54) is 0 Å². The molecule has 92 valence electrons. The lowest BCUT2D eigenvalue weighted by atomic mass is 9.88. The lowest BCUT2D eigenvalue weighted by Crippen LogP contribution is -2.56. The van der Waals surface area contributed by atoms with E-state index >= 15 is 0 Å². The Kier molecular flexibility index (Phi) is 3.05. The number of amides is 1. The minimum atomic E-state index is -0.647. The lowest BCUT2D eigenvalue weighted by molar-refractivity contribution is -0.147. The summed E-state index contributed by atoms with van der Waals surface area (Å²) >= 11 is 0. The van der Waals surface area contributed by atoms with Crippen LogP contribution in [0.1, 0.15) is 32.3 Å². The van der Waals surface area contributed by atoms with Crippen molar-refractivity contribution in [2.24, 2.45) is 0 Å². The summed E-state index contributed by atoms with van der Waals surface area (Å²) in [5.41, 5.74) is 0.315. The van der Waals surface area contributed by atoms with Gasteiger partial charge in [-0.05, 0) is 31.9 Å². The van der Waals surface area contributed by atoms with Crippen LogP contribution in [-0.2, 0) is 16.0 Å². The van der Waals surface area contributed by atoms with Gasteiger partial charge in [-0.15, -0.1) is 0 Å². The molecule has 1 N–H and O–H groups in total. The minimum absolute atomic E-state index is 0.0302. The number of hydrogen-bond donors (Lipinski definition) is 1. The second-order valence-corrected chi connectivity index (χ2v) is 5.03. The zero-order valence-corrected chi connectivity index (χ0v) is 10.3. The van der Waals surface area contributed by atoms with Crippen LogP contribution in [0.4, 0.5) is 0 Å². The van der Waals surface area contributed by atoms with E-state index in [1.54, 1.807) is 11.1 Å². The highest BCUT2D eigenvalue weighted by atomic mass is 16.2. The number of Topliss-reactive ketones (excluding diaryl/α,β-unsaturated/α-hetero) is 1. The number of rotatable bonds is 2. The molecule has 4 heteroatoms. The molecule has 1 aromatic rings. The van der Waals surface area contributed by atoms with Gasteiger partial charge < -0.3 is 9.88 Å². The highest BCUT2D eigenvalue weighted by Gasteiger charge is 2.39. The van der Waals surface area contributed by atoms with Crippen LogP contribution < -0.4 is 0 Å². The van der Waals surface area contributed by atoms with Crippen LogP contribution in [0.15, 0.2) is 18.5 Å². The summed E-state index contributed by atoms with van der Waals surface area (Å²) in [6, 6.07) is 1.89. The maximum absolute atomic E-state index is 12.2. The molecule has 0 bridgehead atoms. The number of aromatic nitrogens is 1. The fourth-order valence-corrected chi connectivity index (χ4v) is 2.31. The Balaban J connectivity index is 2.10. The Morgan fingerprint density at radius 2 is 2.29 bits per heavy atom. The normalized spacial score (nSPS) is 19.4. The van der Waals surface area contributed by atoms with Crippen molar-refractivity contribution < 1.29 is 9.59 Å². The van der Waals surface area contributed by atoms with E-state index in [4.69, 9.17) is 0 Å². The fraction of sp³-hybridized carbons (Fsp3) is 0.538. The van der Waals surface area contributed by atoms with Crippen LogP contribution in [0.3, 0.4) is 0 Å². The highest BCUT2D eigenvalue weighted by molar-refractivity contribution is 5.93. The van der Waals surface area contributed by atoms with E-state index in [-0.39, 0.29) is 11.7 Å². The van der Waals surface area contributed by atoms with Crippen LogP contribution in [-0.4, -0.2) is 33.7 Å². The van der Waals surface area contributed by atoms with Gasteiger partial charge in [-0.25, -0.2) is 0 Å². The van der Waals surface area contributed by atoms with Crippen LogP contribution in [0, 0.1) is 0 Å². The second kappa shape index (κ2) is 4.35. The van der Waals surface area contributed by atoms with Gasteiger partial charge in [-0.2, -0.15) is 0 Å². The summed E-state index contributed by atoms with van der Waals surface area (Å²) in [6.07, 6.45) is 5.34. The number of ketones is 1. The van der Waals surface area contributed by atoms with Crippen LogP contribution in [0.5, 0.6) is 0 Å². The summed E-state index contributed by atoms with van der Waals surface area (Å²) in [5, 5.41) is 0. The summed E-state index contributed by atoms with van der Waals surface area (Å²) in [6.45, 7) is 4.36. The van der Waals surface area contributed by atoms with E-state index in [0.29, 0.717) is 19.4 Å². The van der Waals surface area contributed by atoms with Gasteiger partial charge in [0.1, 0.15) is 0 Å². The number of nitrogens with one attached hydrogen (secondary N) is 1. The third-order valence-corrected chi connectivity index (χ3v) is 3.46. The number of hydrogen-bond acceptors (Lipinski definition) is 2. The van der Waals surface area contributed by atoms with Crippen LogP contribution in [0.25, 0.3) is 0 Å². The first-order chi connectivity index (χ1) is 8.01. The zero-order chi connectivity index (χ0) is 12.5. The number of piperidine rings is 1. The van der Waals surface area contributed by atoms with Crippen molar-refractivity contribution in [1.82, 2.24) is 9.88 Å². The van der Waals surface area contributed by atoms with Gasteiger partial charge in [0.05, 0.1) is 12.0 Å². The van der Waals surface area contributed by atoms with Crippen LogP contribution in [0.2, 0.25) is 0 Å². The van der Waals surface area contributed by atoms with E-state index in [0.717, 1.165) is 12.0 Å². The number of likely N-dealkylation sites (tertiary alicyclic amines) is 1. The smallest absolute Gasteiger partial charge is 0.227 e. The molecule has 1 aliphatic rings. The summed E-state index contributed by atoms with van der Waals surface area (Å²) in [4.78, 5) is 28.7. The summed E-state index contributed by atoms with van der Waals surface area (Å²) < 4.78 is 0. The standard InChI is InChI=1S/C13H18N2O2/c1-13(2)11(16)4-3-7-15(13)12(17)8-10-5-6-14-9-10/h5-6,9,14H,3-4,7-8H2,1-2H3. The Bertz CT molecular complexity index is 421. The second-order valence-electron chi connectivity index (χ2n) is 5.03. The van der Waals surface area contributed by atoms with Crippen molar-refractivity contribution in [2.45, 2.75) is 38.6 Å². The molecular weight excluding hydrogens is 216 g/mol. The zero-order valence-electron chi connectivity index (χ0n) is 10.3. The van der Waals surface area contributed by atoms with Gasteiger partial charge in [0, 0.05) is 25.4 Å². The van der Waals surface area contributed by atoms with Gasteiger partial charge in [0.15, 0.2) is 5.78 Å². The number of H-pyrrole nitrogens is 1. The average Bonchev–Trinajstić information content (AvgIpc) is 2.74. The molecular formula is C13H18N2O2. The van der Waals surface area contributed by atoms with Crippen LogP contribution >= 0.6 is 0 Å². The molecule has 2 rings (SSSR count). The highest BCUT2D eigenvalue weighted by Crippen LogP contribution is 2.25.